The van der Waals surface area contributed by atoms with Crippen molar-refractivity contribution in [2.75, 3.05) is 6.54 Å². The molecule has 0 aliphatic rings. The van der Waals surface area contributed by atoms with E-state index < -0.39 is 5.97 Å². The highest BCUT2D eigenvalue weighted by molar-refractivity contribution is 5.73. The van der Waals surface area contributed by atoms with Gasteiger partial charge in [-0.15, -0.1) is 0 Å². The van der Waals surface area contributed by atoms with Gasteiger partial charge in [-0.25, -0.2) is 9.78 Å². The van der Waals surface area contributed by atoms with Crippen LogP contribution in [0.1, 0.15) is 49.4 Å². The minimum absolute atomic E-state index is 0.211. The zero-order valence-corrected chi connectivity index (χ0v) is 12.6. The van der Waals surface area contributed by atoms with Crippen LogP contribution >= 0.6 is 0 Å². The highest BCUT2D eigenvalue weighted by Gasteiger charge is 2.06. The number of carboxylic acid groups (broad SMARTS) is 1. The summed E-state index contributed by atoms with van der Waals surface area (Å²) in [5, 5.41) is 13.9. The Kier molecular flexibility index (Phi) is 7.28. The molecule has 3 N–H and O–H groups in total. The van der Waals surface area contributed by atoms with Crippen molar-refractivity contribution in [1.29, 1.82) is 0 Å². The van der Waals surface area contributed by atoms with E-state index in [1.165, 1.54) is 0 Å². The van der Waals surface area contributed by atoms with Crippen molar-refractivity contribution in [3.05, 3.63) is 17.3 Å². The van der Waals surface area contributed by atoms with Crippen LogP contribution in [0.2, 0.25) is 0 Å². The molecule has 0 unspecified atom stereocenters. The Morgan fingerprint density at radius 1 is 1.14 bits per heavy atom. The number of carboxylic acids is 1. The summed E-state index contributed by atoms with van der Waals surface area (Å²) in [5.41, 5.74) is 0.827. The van der Waals surface area contributed by atoms with Crippen LogP contribution in [0, 0.1) is 13.8 Å². The number of carbonyl (C=O) groups excluding carboxylic acids is 1. The van der Waals surface area contributed by atoms with Gasteiger partial charge in [0.15, 0.2) is 0 Å². The standard InChI is InChI=1S/C14H23N3O4/c1-10-11(2)21-12(17-10)9-16-14(20)15-8-6-4-3-5-7-13(18)19/h3-9H2,1-2H3,(H,18,19)(H2,15,16,20). The van der Waals surface area contributed by atoms with Crippen LogP contribution in [0.15, 0.2) is 4.42 Å². The Balaban J connectivity index is 2.02. The third-order valence-electron chi connectivity index (χ3n) is 3.08. The fraction of sp³-hybridized carbons (Fsp3) is 0.643. The number of amides is 2. The van der Waals surface area contributed by atoms with Gasteiger partial charge in [-0.1, -0.05) is 12.8 Å². The van der Waals surface area contributed by atoms with Gasteiger partial charge in [-0.2, -0.15) is 0 Å². The predicted molar refractivity (Wildman–Crippen MR) is 76.9 cm³/mol. The van der Waals surface area contributed by atoms with Crippen molar-refractivity contribution in [3.63, 3.8) is 0 Å². The lowest BCUT2D eigenvalue weighted by atomic mass is 10.1. The Hall–Kier alpha value is -2.05. The minimum Gasteiger partial charge on any atom is -0.481 e. The second kappa shape index (κ2) is 8.99. The molecule has 0 bridgehead atoms. The van der Waals surface area contributed by atoms with E-state index in [9.17, 15) is 9.59 Å². The quantitative estimate of drug-likeness (QED) is 0.606. The summed E-state index contributed by atoms with van der Waals surface area (Å²) < 4.78 is 5.35. The average Bonchev–Trinajstić information content (AvgIpc) is 2.74. The molecule has 0 saturated carbocycles. The van der Waals surface area contributed by atoms with Crippen LogP contribution < -0.4 is 10.6 Å². The predicted octanol–water partition coefficient (Wildman–Crippen LogP) is 2.13. The molecule has 1 aromatic heterocycles. The van der Waals surface area contributed by atoms with E-state index in [4.69, 9.17) is 9.52 Å². The number of aliphatic carboxylic acids is 1. The van der Waals surface area contributed by atoms with E-state index in [0.717, 1.165) is 30.7 Å². The van der Waals surface area contributed by atoms with E-state index in [0.29, 0.717) is 18.9 Å². The molecule has 0 atom stereocenters. The number of rotatable bonds is 9. The van der Waals surface area contributed by atoms with Gasteiger partial charge in [0.2, 0.25) is 5.89 Å². The third kappa shape index (κ3) is 7.34. The number of aryl methyl sites for hydroxylation is 2. The molecule has 1 heterocycles. The zero-order valence-electron chi connectivity index (χ0n) is 12.6. The topological polar surface area (TPSA) is 104 Å². The molecule has 21 heavy (non-hydrogen) atoms. The molecule has 0 radical (unpaired) electrons. The largest absolute Gasteiger partial charge is 0.481 e. The Morgan fingerprint density at radius 3 is 2.48 bits per heavy atom. The van der Waals surface area contributed by atoms with E-state index >= 15 is 0 Å². The van der Waals surface area contributed by atoms with Crippen molar-refractivity contribution >= 4 is 12.0 Å². The molecular formula is C14H23N3O4. The molecule has 1 rings (SSSR count). The molecular weight excluding hydrogens is 274 g/mol. The van der Waals surface area contributed by atoms with E-state index in [1.54, 1.807) is 0 Å². The first-order valence-electron chi connectivity index (χ1n) is 7.15. The van der Waals surface area contributed by atoms with Gasteiger partial charge in [0, 0.05) is 13.0 Å². The summed E-state index contributed by atoms with van der Waals surface area (Å²) in [4.78, 5) is 26.0. The highest BCUT2D eigenvalue weighted by atomic mass is 16.4. The van der Waals surface area contributed by atoms with E-state index in [-0.39, 0.29) is 19.0 Å². The lowest BCUT2D eigenvalue weighted by Crippen LogP contribution is -2.35. The molecule has 1 aromatic rings. The van der Waals surface area contributed by atoms with Crippen molar-refractivity contribution in [1.82, 2.24) is 15.6 Å². The monoisotopic (exact) mass is 297 g/mol. The molecule has 2 amide bonds. The van der Waals surface area contributed by atoms with E-state index in [1.807, 2.05) is 13.8 Å². The average molecular weight is 297 g/mol. The molecule has 0 saturated heterocycles. The normalized spacial score (nSPS) is 10.4. The van der Waals surface area contributed by atoms with Crippen LogP contribution in [0.4, 0.5) is 4.79 Å². The summed E-state index contributed by atoms with van der Waals surface area (Å²) in [6, 6.07) is -0.256. The number of unbranched alkanes of at least 4 members (excludes halogenated alkanes) is 3. The lowest BCUT2D eigenvalue weighted by molar-refractivity contribution is -0.137. The summed E-state index contributed by atoms with van der Waals surface area (Å²) in [6.45, 7) is 4.52. The lowest BCUT2D eigenvalue weighted by Gasteiger charge is -2.05. The maximum atomic E-state index is 11.5. The first-order valence-corrected chi connectivity index (χ1v) is 7.15. The fourth-order valence-electron chi connectivity index (χ4n) is 1.79. The summed E-state index contributed by atoms with van der Waals surface area (Å²) in [7, 11) is 0. The summed E-state index contributed by atoms with van der Waals surface area (Å²) >= 11 is 0. The van der Waals surface area contributed by atoms with Gasteiger partial charge in [0.05, 0.1) is 12.2 Å². The summed E-state index contributed by atoms with van der Waals surface area (Å²) in [6.07, 6.45) is 3.51. The second-order valence-corrected chi connectivity index (χ2v) is 4.92. The fourth-order valence-corrected chi connectivity index (χ4v) is 1.79. The van der Waals surface area contributed by atoms with Crippen molar-refractivity contribution < 1.29 is 19.1 Å². The Bertz CT molecular complexity index is 451. The molecule has 7 heteroatoms. The van der Waals surface area contributed by atoms with Gasteiger partial charge in [-0.3, -0.25) is 4.79 Å². The molecule has 0 spiro atoms. The molecule has 0 aromatic carbocycles. The van der Waals surface area contributed by atoms with Gasteiger partial charge in [0.25, 0.3) is 0 Å². The smallest absolute Gasteiger partial charge is 0.315 e. The number of hydrogen-bond acceptors (Lipinski definition) is 4. The third-order valence-corrected chi connectivity index (χ3v) is 3.08. The van der Waals surface area contributed by atoms with Crippen LogP contribution in [0.3, 0.4) is 0 Å². The first-order chi connectivity index (χ1) is 9.99. The van der Waals surface area contributed by atoms with Crippen LogP contribution in [0.5, 0.6) is 0 Å². The number of nitrogens with one attached hydrogen (secondary N) is 2. The van der Waals surface area contributed by atoms with Crippen LogP contribution in [-0.2, 0) is 11.3 Å². The molecule has 0 aliphatic carbocycles. The Labute approximate surface area is 124 Å². The maximum absolute atomic E-state index is 11.5. The number of carbonyl (C=O) groups is 2. The Morgan fingerprint density at radius 2 is 1.86 bits per heavy atom. The zero-order chi connectivity index (χ0) is 15.7. The summed E-state index contributed by atoms with van der Waals surface area (Å²) in [5.74, 6) is 0.493. The van der Waals surface area contributed by atoms with Gasteiger partial charge < -0.3 is 20.2 Å². The van der Waals surface area contributed by atoms with Crippen molar-refractivity contribution in [3.8, 4) is 0 Å². The SMILES string of the molecule is Cc1nc(CNC(=O)NCCCCCCC(=O)O)oc1C. The van der Waals surface area contributed by atoms with Gasteiger partial charge >= 0.3 is 12.0 Å². The number of nitrogens with zero attached hydrogens (tertiary/aromatic N) is 1. The number of urea groups is 1. The first kappa shape index (κ1) is 17.0. The number of oxazole rings is 1. The molecule has 118 valence electrons. The number of aromatic nitrogens is 1. The van der Waals surface area contributed by atoms with Gasteiger partial charge in [-0.05, 0) is 26.7 Å². The second-order valence-electron chi connectivity index (χ2n) is 4.92. The molecule has 0 aliphatic heterocycles. The van der Waals surface area contributed by atoms with Crippen molar-refractivity contribution in [2.24, 2.45) is 0 Å². The van der Waals surface area contributed by atoms with Gasteiger partial charge in [0.1, 0.15) is 5.76 Å². The minimum atomic E-state index is -0.760. The van der Waals surface area contributed by atoms with Crippen LogP contribution in [-0.4, -0.2) is 28.6 Å². The number of hydrogen-bond donors (Lipinski definition) is 3. The molecule has 7 nitrogen and oxygen atoms in total. The maximum Gasteiger partial charge on any atom is 0.315 e. The molecule has 0 fully saturated rings. The van der Waals surface area contributed by atoms with Crippen LogP contribution in [0.25, 0.3) is 0 Å². The van der Waals surface area contributed by atoms with Crippen molar-refractivity contribution in [2.45, 2.75) is 52.5 Å². The highest BCUT2D eigenvalue weighted by Crippen LogP contribution is 2.07. The van der Waals surface area contributed by atoms with E-state index in [2.05, 4.69) is 15.6 Å².